The van der Waals surface area contributed by atoms with E-state index in [1.165, 1.54) is 0 Å². The molecule has 27 heavy (non-hydrogen) atoms. The van der Waals surface area contributed by atoms with Crippen LogP contribution in [0.5, 0.6) is 5.75 Å². The summed E-state index contributed by atoms with van der Waals surface area (Å²) in [6, 6.07) is 16.3. The van der Waals surface area contributed by atoms with Gasteiger partial charge in [-0.3, -0.25) is 0 Å². The number of nitrogens with zero attached hydrogens (tertiary/aromatic N) is 1. The Morgan fingerprint density at radius 2 is 1.74 bits per heavy atom. The highest BCUT2D eigenvalue weighted by atomic mass is 32.2. The summed E-state index contributed by atoms with van der Waals surface area (Å²) in [5.41, 5.74) is 1.82. The number of benzene rings is 2. The van der Waals surface area contributed by atoms with Gasteiger partial charge in [0, 0.05) is 19.6 Å². The Kier molecular flexibility index (Phi) is 7.24. The highest BCUT2D eigenvalue weighted by Gasteiger charge is 2.16. The molecule has 0 aliphatic rings. The van der Waals surface area contributed by atoms with Crippen molar-refractivity contribution in [1.29, 1.82) is 0 Å². The van der Waals surface area contributed by atoms with Gasteiger partial charge in [-0.1, -0.05) is 56.3 Å². The minimum absolute atomic E-state index is 0.165. The molecule has 146 valence electrons. The number of carbonyl (C=O) groups is 1. The Morgan fingerprint density at radius 3 is 2.37 bits per heavy atom. The Bertz CT molecular complexity index is 851. The molecule has 0 fully saturated rings. The van der Waals surface area contributed by atoms with Crippen LogP contribution in [0, 0.1) is 5.92 Å². The lowest BCUT2D eigenvalue weighted by atomic mass is 10.1. The lowest BCUT2D eigenvalue weighted by Gasteiger charge is -2.25. The molecule has 0 atom stereocenters. The maximum Gasteiger partial charge on any atom is 0.317 e. The second-order valence-corrected chi connectivity index (χ2v) is 8.43. The van der Waals surface area contributed by atoms with Gasteiger partial charge in [-0.2, -0.15) is 8.42 Å². The van der Waals surface area contributed by atoms with Crippen molar-refractivity contribution in [1.82, 2.24) is 10.2 Å². The van der Waals surface area contributed by atoms with Crippen molar-refractivity contribution in [2.24, 2.45) is 5.92 Å². The third-order valence-corrected chi connectivity index (χ3v) is 4.17. The van der Waals surface area contributed by atoms with E-state index in [0.29, 0.717) is 25.6 Å². The monoisotopic (exact) mass is 390 g/mol. The van der Waals surface area contributed by atoms with E-state index in [9.17, 15) is 13.2 Å². The normalized spacial score (nSPS) is 11.3. The fourth-order valence-electron chi connectivity index (χ4n) is 2.64. The van der Waals surface area contributed by atoms with Crippen molar-refractivity contribution in [3.8, 4) is 5.75 Å². The van der Waals surface area contributed by atoms with Gasteiger partial charge in [0.2, 0.25) is 0 Å². The molecule has 2 aromatic rings. The van der Waals surface area contributed by atoms with Gasteiger partial charge in [-0.15, -0.1) is 0 Å². The molecule has 6 nitrogen and oxygen atoms in total. The second-order valence-electron chi connectivity index (χ2n) is 6.85. The van der Waals surface area contributed by atoms with E-state index in [-0.39, 0.29) is 11.8 Å². The first kappa shape index (κ1) is 20.8. The van der Waals surface area contributed by atoms with Crippen LogP contribution in [-0.2, 0) is 23.2 Å². The number of nitrogens with one attached hydrogen (secondary N) is 1. The predicted octanol–water partition coefficient (Wildman–Crippen LogP) is 3.39. The van der Waals surface area contributed by atoms with Crippen molar-refractivity contribution >= 4 is 16.1 Å². The van der Waals surface area contributed by atoms with Crippen molar-refractivity contribution in [2.45, 2.75) is 26.9 Å². The fraction of sp³-hybridized carbons (Fsp3) is 0.350. The first-order chi connectivity index (χ1) is 12.7. The van der Waals surface area contributed by atoms with Crippen LogP contribution in [0.4, 0.5) is 4.79 Å². The zero-order valence-electron chi connectivity index (χ0n) is 15.9. The molecular weight excluding hydrogens is 364 g/mol. The molecular formula is C20H26N2O4S. The van der Waals surface area contributed by atoms with Crippen LogP contribution in [0.3, 0.4) is 0 Å². The summed E-state index contributed by atoms with van der Waals surface area (Å²) in [5, 5.41) is 2.94. The quantitative estimate of drug-likeness (QED) is 0.701. The molecule has 0 spiro atoms. The third-order valence-electron chi connectivity index (χ3n) is 3.68. The molecule has 1 N–H and O–H groups in total. The maximum atomic E-state index is 12.7. The summed E-state index contributed by atoms with van der Waals surface area (Å²) in [5.74, 6) is 0.534. The minimum Gasteiger partial charge on any atom is -0.383 e. The van der Waals surface area contributed by atoms with E-state index in [1.54, 1.807) is 23.1 Å². The molecule has 2 aromatic carbocycles. The predicted molar refractivity (Wildman–Crippen MR) is 106 cm³/mol. The molecule has 0 aliphatic carbocycles. The Labute approximate surface area is 161 Å². The topological polar surface area (TPSA) is 75.7 Å². The number of rotatable bonds is 8. The van der Waals surface area contributed by atoms with Crippen molar-refractivity contribution in [2.75, 3.05) is 12.8 Å². The van der Waals surface area contributed by atoms with Crippen LogP contribution in [0.2, 0.25) is 0 Å². The van der Waals surface area contributed by atoms with Gasteiger partial charge in [0.1, 0.15) is 5.75 Å². The lowest BCUT2D eigenvalue weighted by Crippen LogP contribution is -2.41. The first-order valence-electron chi connectivity index (χ1n) is 8.78. The zero-order valence-corrected chi connectivity index (χ0v) is 16.7. The summed E-state index contributed by atoms with van der Waals surface area (Å²) >= 11 is 0. The summed E-state index contributed by atoms with van der Waals surface area (Å²) in [4.78, 5) is 14.4. The molecule has 0 heterocycles. The summed E-state index contributed by atoms with van der Waals surface area (Å²) in [6.07, 6.45) is 1.00. The average Bonchev–Trinajstić information content (AvgIpc) is 2.58. The van der Waals surface area contributed by atoms with Crippen LogP contribution in [0.1, 0.15) is 25.0 Å². The lowest BCUT2D eigenvalue weighted by molar-refractivity contribution is 0.187. The third kappa shape index (κ3) is 7.70. The van der Waals surface area contributed by atoms with Crippen LogP contribution in [0.25, 0.3) is 0 Å². The molecule has 0 radical (unpaired) electrons. The molecule has 7 heteroatoms. The largest absolute Gasteiger partial charge is 0.383 e. The molecule has 0 aliphatic heterocycles. The number of hydrogen-bond donors (Lipinski definition) is 1. The Balaban J connectivity index is 2.07. The highest BCUT2D eigenvalue weighted by molar-refractivity contribution is 7.86. The van der Waals surface area contributed by atoms with E-state index in [4.69, 9.17) is 4.18 Å². The van der Waals surface area contributed by atoms with Crippen LogP contribution >= 0.6 is 0 Å². The van der Waals surface area contributed by atoms with Crippen LogP contribution in [-0.4, -0.2) is 32.1 Å². The number of carbonyl (C=O) groups excluding carboxylic acids is 1. The smallest absolute Gasteiger partial charge is 0.317 e. The zero-order chi connectivity index (χ0) is 19.9. The van der Waals surface area contributed by atoms with E-state index < -0.39 is 10.1 Å². The number of hydrogen-bond acceptors (Lipinski definition) is 4. The van der Waals surface area contributed by atoms with E-state index in [1.807, 2.05) is 50.2 Å². The van der Waals surface area contributed by atoms with Crippen molar-refractivity contribution < 1.29 is 17.4 Å². The number of amides is 2. The molecule has 2 amide bonds. The molecule has 0 bridgehead atoms. The molecule has 2 rings (SSSR count). The molecule has 0 aromatic heterocycles. The number of urea groups is 1. The van der Waals surface area contributed by atoms with Gasteiger partial charge in [-0.05, 0) is 29.2 Å². The fourth-order valence-corrected chi connectivity index (χ4v) is 3.09. The van der Waals surface area contributed by atoms with E-state index in [2.05, 4.69) is 5.32 Å². The van der Waals surface area contributed by atoms with Crippen molar-refractivity contribution in [3.05, 3.63) is 65.7 Å². The molecule has 0 saturated carbocycles. The van der Waals surface area contributed by atoms with Crippen LogP contribution in [0.15, 0.2) is 54.6 Å². The van der Waals surface area contributed by atoms with Gasteiger partial charge < -0.3 is 14.4 Å². The van der Waals surface area contributed by atoms with Gasteiger partial charge in [0.25, 0.3) is 0 Å². The van der Waals surface area contributed by atoms with Gasteiger partial charge in [0.15, 0.2) is 0 Å². The highest BCUT2D eigenvalue weighted by Crippen LogP contribution is 2.17. The van der Waals surface area contributed by atoms with Gasteiger partial charge in [-0.25, -0.2) is 4.79 Å². The standard InChI is InChI=1S/C20H26N2O4S/c1-16(2)14-22(20(23)21-13-17-8-5-4-6-9-17)15-18-10-7-11-19(12-18)26-27(3,24)25/h4-12,16H,13-15H2,1-3H3,(H,21,23). The summed E-state index contributed by atoms with van der Waals surface area (Å²) in [6.45, 7) is 5.48. The van der Waals surface area contributed by atoms with Crippen LogP contribution < -0.4 is 9.50 Å². The Hall–Kier alpha value is -2.54. The van der Waals surface area contributed by atoms with E-state index in [0.717, 1.165) is 17.4 Å². The van der Waals surface area contributed by atoms with E-state index >= 15 is 0 Å². The Morgan fingerprint density at radius 1 is 1.07 bits per heavy atom. The minimum atomic E-state index is -3.59. The molecule has 0 saturated heterocycles. The van der Waals surface area contributed by atoms with Crippen molar-refractivity contribution in [3.63, 3.8) is 0 Å². The summed E-state index contributed by atoms with van der Waals surface area (Å²) in [7, 11) is -3.59. The molecule has 0 unspecified atom stereocenters. The summed E-state index contributed by atoms with van der Waals surface area (Å²) < 4.78 is 27.5. The average molecular weight is 391 g/mol. The van der Waals surface area contributed by atoms with Gasteiger partial charge >= 0.3 is 16.1 Å². The first-order valence-corrected chi connectivity index (χ1v) is 10.6. The SMILES string of the molecule is CC(C)CN(Cc1cccc(OS(C)(=O)=O)c1)C(=O)NCc1ccccc1. The maximum absolute atomic E-state index is 12.7. The van der Waals surface area contributed by atoms with Gasteiger partial charge in [0.05, 0.1) is 6.26 Å². The second kappa shape index (κ2) is 9.41.